The van der Waals surface area contributed by atoms with Gasteiger partial charge in [0.1, 0.15) is 12.3 Å². The Balaban J connectivity index is 2.66. The van der Waals surface area contributed by atoms with Gasteiger partial charge in [-0.05, 0) is 25.1 Å². The van der Waals surface area contributed by atoms with Crippen LogP contribution >= 0.6 is 0 Å². The number of esters is 1. The number of nitrogens with zero attached hydrogens (tertiary/aromatic N) is 2. The summed E-state index contributed by atoms with van der Waals surface area (Å²) in [6.07, 6.45) is 0. The zero-order valence-electron chi connectivity index (χ0n) is 14.7. The number of para-hydroxylation sites is 3. The Labute approximate surface area is 156 Å². The monoisotopic (exact) mass is 394 g/mol. The highest BCUT2D eigenvalue weighted by molar-refractivity contribution is 7.93. The molecule has 0 bridgehead atoms. The molecule has 0 atom stereocenters. The van der Waals surface area contributed by atoms with Crippen LogP contribution in [-0.2, 0) is 19.6 Å². The second-order valence-corrected chi connectivity index (χ2v) is 7.04. The van der Waals surface area contributed by atoms with Gasteiger partial charge in [-0.3, -0.25) is 19.2 Å². The number of benzene rings is 2. The van der Waals surface area contributed by atoms with Crippen LogP contribution in [0.4, 0.5) is 11.4 Å². The summed E-state index contributed by atoms with van der Waals surface area (Å²) in [4.78, 5) is 22.0. The summed E-state index contributed by atoms with van der Waals surface area (Å²) in [6, 6.07) is 11.1. The Morgan fingerprint density at radius 2 is 1.78 bits per heavy atom. The molecule has 0 saturated carbocycles. The number of sulfonamides is 1. The highest BCUT2D eigenvalue weighted by atomic mass is 32.2. The van der Waals surface area contributed by atoms with Gasteiger partial charge in [-0.1, -0.05) is 24.3 Å². The molecule has 0 unspecified atom stereocenters. The lowest BCUT2D eigenvalue weighted by atomic mass is 10.3. The minimum absolute atomic E-state index is 0.0597. The molecular weight excluding hydrogens is 376 g/mol. The SMILES string of the molecule is CCOC(=O)CN(c1ccccc1OC)S(=O)(=O)c1ccccc1[N+](=O)[O-]. The van der Waals surface area contributed by atoms with Crippen LogP contribution < -0.4 is 9.04 Å². The molecule has 0 aromatic heterocycles. The number of anilines is 1. The Morgan fingerprint density at radius 1 is 1.15 bits per heavy atom. The summed E-state index contributed by atoms with van der Waals surface area (Å²) >= 11 is 0. The molecule has 0 aliphatic carbocycles. The maximum Gasteiger partial charge on any atom is 0.326 e. The molecule has 0 aliphatic rings. The number of hydrogen-bond acceptors (Lipinski definition) is 7. The molecule has 144 valence electrons. The largest absolute Gasteiger partial charge is 0.495 e. The van der Waals surface area contributed by atoms with Gasteiger partial charge in [0.2, 0.25) is 0 Å². The van der Waals surface area contributed by atoms with Crippen LogP contribution in [0.5, 0.6) is 5.75 Å². The van der Waals surface area contributed by atoms with E-state index in [1.165, 1.54) is 31.4 Å². The number of carbonyl (C=O) groups excluding carboxylic acids is 1. The zero-order chi connectivity index (χ0) is 20.0. The number of ether oxygens (including phenoxy) is 2. The summed E-state index contributed by atoms with van der Waals surface area (Å²) in [5, 5.41) is 11.3. The van der Waals surface area contributed by atoms with Crippen molar-refractivity contribution in [1.29, 1.82) is 0 Å². The van der Waals surface area contributed by atoms with E-state index in [2.05, 4.69) is 0 Å². The molecule has 0 radical (unpaired) electrons. The Morgan fingerprint density at radius 3 is 2.41 bits per heavy atom. The average Bonchev–Trinajstić information content (AvgIpc) is 2.66. The lowest BCUT2D eigenvalue weighted by Crippen LogP contribution is -2.37. The van der Waals surface area contributed by atoms with Gasteiger partial charge in [-0.15, -0.1) is 0 Å². The van der Waals surface area contributed by atoms with E-state index >= 15 is 0 Å². The first-order valence-electron chi connectivity index (χ1n) is 7.87. The Hall–Kier alpha value is -3.14. The van der Waals surface area contributed by atoms with Gasteiger partial charge in [0.05, 0.1) is 24.3 Å². The highest BCUT2D eigenvalue weighted by Gasteiger charge is 2.34. The van der Waals surface area contributed by atoms with Gasteiger partial charge >= 0.3 is 5.97 Å². The van der Waals surface area contributed by atoms with Crippen LogP contribution in [0.3, 0.4) is 0 Å². The lowest BCUT2D eigenvalue weighted by Gasteiger charge is -2.25. The molecule has 0 heterocycles. The van der Waals surface area contributed by atoms with Crippen molar-refractivity contribution >= 4 is 27.4 Å². The van der Waals surface area contributed by atoms with Crippen LogP contribution in [-0.4, -0.2) is 39.6 Å². The van der Waals surface area contributed by atoms with Gasteiger partial charge in [0, 0.05) is 6.07 Å². The van der Waals surface area contributed by atoms with Crippen molar-refractivity contribution in [3.63, 3.8) is 0 Å². The van der Waals surface area contributed by atoms with Crippen molar-refractivity contribution in [3.8, 4) is 5.75 Å². The molecule has 9 nitrogen and oxygen atoms in total. The second-order valence-electron chi connectivity index (χ2n) is 5.21. The second kappa shape index (κ2) is 8.49. The maximum absolute atomic E-state index is 13.2. The third kappa shape index (κ3) is 4.34. The smallest absolute Gasteiger partial charge is 0.326 e. The van der Waals surface area contributed by atoms with E-state index in [0.717, 1.165) is 16.4 Å². The maximum atomic E-state index is 13.2. The van der Waals surface area contributed by atoms with E-state index in [9.17, 15) is 23.3 Å². The average molecular weight is 394 g/mol. The topological polar surface area (TPSA) is 116 Å². The molecule has 27 heavy (non-hydrogen) atoms. The first-order chi connectivity index (χ1) is 12.8. The Kier molecular flexibility index (Phi) is 6.35. The van der Waals surface area contributed by atoms with E-state index in [0.29, 0.717) is 0 Å². The first-order valence-corrected chi connectivity index (χ1v) is 9.31. The molecule has 2 aromatic carbocycles. The minimum Gasteiger partial charge on any atom is -0.495 e. The number of rotatable bonds is 8. The molecule has 0 saturated heterocycles. The van der Waals surface area contributed by atoms with Crippen LogP contribution in [0.25, 0.3) is 0 Å². The van der Waals surface area contributed by atoms with Crippen LogP contribution in [0.1, 0.15) is 6.92 Å². The summed E-state index contributed by atoms with van der Waals surface area (Å²) in [5.41, 5.74) is -0.535. The number of methoxy groups -OCH3 is 1. The minimum atomic E-state index is -4.46. The summed E-state index contributed by atoms with van der Waals surface area (Å²) in [6.45, 7) is 0.981. The van der Waals surface area contributed by atoms with E-state index in [1.54, 1.807) is 19.1 Å². The highest BCUT2D eigenvalue weighted by Crippen LogP contribution is 2.34. The fourth-order valence-corrected chi connectivity index (χ4v) is 3.98. The third-order valence-electron chi connectivity index (χ3n) is 3.56. The van der Waals surface area contributed by atoms with Gasteiger partial charge in [-0.25, -0.2) is 8.42 Å². The fourth-order valence-electron chi connectivity index (χ4n) is 2.40. The molecule has 0 aliphatic heterocycles. The van der Waals surface area contributed by atoms with Crippen molar-refractivity contribution in [2.24, 2.45) is 0 Å². The van der Waals surface area contributed by atoms with Gasteiger partial charge in [0.15, 0.2) is 4.90 Å². The molecule has 2 rings (SSSR count). The van der Waals surface area contributed by atoms with Crippen molar-refractivity contribution in [2.75, 3.05) is 24.6 Å². The molecule has 0 amide bonds. The van der Waals surface area contributed by atoms with Crippen LogP contribution in [0.2, 0.25) is 0 Å². The molecule has 10 heteroatoms. The molecule has 2 aromatic rings. The number of nitro benzene ring substituents is 1. The first kappa shape index (κ1) is 20.2. The molecule has 0 fully saturated rings. The number of nitro groups is 1. The lowest BCUT2D eigenvalue weighted by molar-refractivity contribution is -0.387. The third-order valence-corrected chi connectivity index (χ3v) is 5.37. The van der Waals surface area contributed by atoms with Gasteiger partial charge < -0.3 is 9.47 Å². The summed E-state index contributed by atoms with van der Waals surface area (Å²) in [5.74, 6) is -0.616. The van der Waals surface area contributed by atoms with Crippen LogP contribution in [0.15, 0.2) is 53.4 Å². The van der Waals surface area contributed by atoms with Crippen molar-refractivity contribution in [2.45, 2.75) is 11.8 Å². The van der Waals surface area contributed by atoms with Crippen molar-refractivity contribution in [3.05, 3.63) is 58.6 Å². The van der Waals surface area contributed by atoms with Gasteiger partial charge in [-0.2, -0.15) is 0 Å². The normalized spacial score (nSPS) is 10.9. The fraction of sp³-hybridized carbons (Fsp3) is 0.235. The van der Waals surface area contributed by atoms with Crippen LogP contribution in [0, 0.1) is 10.1 Å². The predicted octanol–water partition coefficient (Wildman–Crippen LogP) is 2.36. The zero-order valence-corrected chi connectivity index (χ0v) is 15.5. The van der Waals surface area contributed by atoms with E-state index in [-0.39, 0.29) is 18.0 Å². The van der Waals surface area contributed by atoms with Gasteiger partial charge in [0.25, 0.3) is 15.7 Å². The number of carbonyl (C=O) groups is 1. The Bertz CT molecular complexity index is 944. The van der Waals surface area contributed by atoms with Crippen molar-refractivity contribution < 1.29 is 27.6 Å². The van der Waals surface area contributed by atoms with E-state index in [1.807, 2.05) is 0 Å². The molecule has 0 N–H and O–H groups in total. The predicted molar refractivity (Wildman–Crippen MR) is 97.3 cm³/mol. The summed E-state index contributed by atoms with van der Waals surface area (Å²) < 4.78 is 37.2. The summed E-state index contributed by atoms with van der Waals surface area (Å²) in [7, 11) is -3.12. The quantitative estimate of drug-likeness (QED) is 0.383. The standard InChI is InChI=1S/C17H18N2O7S/c1-3-26-17(20)12-18(13-8-4-6-10-15(13)25-2)27(23,24)16-11-7-5-9-14(16)19(21)22/h4-11H,3,12H2,1-2H3. The molecule has 0 spiro atoms. The van der Waals surface area contributed by atoms with E-state index in [4.69, 9.17) is 9.47 Å². The van der Waals surface area contributed by atoms with E-state index < -0.39 is 38.0 Å². The molecular formula is C17H18N2O7S. The number of hydrogen-bond donors (Lipinski definition) is 0. The van der Waals surface area contributed by atoms with Crippen molar-refractivity contribution in [1.82, 2.24) is 0 Å².